The van der Waals surface area contributed by atoms with Crippen molar-refractivity contribution in [2.24, 2.45) is 0 Å². The van der Waals surface area contributed by atoms with E-state index < -0.39 is 0 Å². The zero-order chi connectivity index (χ0) is 11.8. The Morgan fingerprint density at radius 2 is 2.38 bits per heavy atom. The number of aliphatic hydroxyl groups is 1. The lowest BCUT2D eigenvalue weighted by molar-refractivity contribution is 0.0589. The van der Waals surface area contributed by atoms with Crippen LogP contribution in [0.5, 0.6) is 0 Å². The summed E-state index contributed by atoms with van der Waals surface area (Å²) in [5.41, 5.74) is 0. The Labute approximate surface area is 101 Å². The average molecular weight is 243 g/mol. The SMILES string of the molecule is CCC(NCCC(O)COC)c1cccs1. The third kappa shape index (κ3) is 4.61. The van der Waals surface area contributed by atoms with Crippen molar-refractivity contribution in [2.75, 3.05) is 20.3 Å². The molecule has 0 amide bonds. The highest BCUT2D eigenvalue weighted by atomic mass is 32.1. The molecule has 2 atom stereocenters. The molecule has 0 saturated carbocycles. The van der Waals surface area contributed by atoms with E-state index >= 15 is 0 Å². The minimum atomic E-state index is -0.363. The molecule has 0 aromatic carbocycles. The maximum atomic E-state index is 9.50. The zero-order valence-corrected chi connectivity index (χ0v) is 10.8. The highest BCUT2D eigenvalue weighted by Crippen LogP contribution is 2.21. The molecule has 16 heavy (non-hydrogen) atoms. The maximum Gasteiger partial charge on any atom is 0.0785 e. The summed E-state index contributed by atoms with van der Waals surface area (Å²) < 4.78 is 4.88. The van der Waals surface area contributed by atoms with Gasteiger partial charge in [-0.05, 0) is 30.8 Å². The van der Waals surface area contributed by atoms with Crippen LogP contribution in [0.2, 0.25) is 0 Å². The topological polar surface area (TPSA) is 41.5 Å². The number of rotatable bonds is 8. The molecule has 2 unspecified atom stereocenters. The van der Waals surface area contributed by atoms with Crippen LogP contribution in [0.25, 0.3) is 0 Å². The average Bonchev–Trinajstić information content (AvgIpc) is 2.78. The van der Waals surface area contributed by atoms with E-state index in [0.29, 0.717) is 12.6 Å². The van der Waals surface area contributed by atoms with Gasteiger partial charge in [0.1, 0.15) is 0 Å². The van der Waals surface area contributed by atoms with Gasteiger partial charge in [0.05, 0.1) is 12.7 Å². The van der Waals surface area contributed by atoms with Gasteiger partial charge in [0.2, 0.25) is 0 Å². The van der Waals surface area contributed by atoms with Gasteiger partial charge < -0.3 is 15.2 Å². The summed E-state index contributed by atoms with van der Waals surface area (Å²) in [7, 11) is 1.61. The fourth-order valence-corrected chi connectivity index (χ4v) is 2.52. The van der Waals surface area contributed by atoms with Crippen molar-refractivity contribution in [1.82, 2.24) is 5.32 Å². The molecule has 0 saturated heterocycles. The van der Waals surface area contributed by atoms with Crippen LogP contribution in [0.1, 0.15) is 30.7 Å². The quantitative estimate of drug-likeness (QED) is 0.735. The summed E-state index contributed by atoms with van der Waals surface area (Å²) in [4.78, 5) is 1.36. The highest BCUT2D eigenvalue weighted by Gasteiger charge is 2.10. The van der Waals surface area contributed by atoms with Crippen molar-refractivity contribution >= 4 is 11.3 Å². The number of methoxy groups -OCH3 is 1. The van der Waals surface area contributed by atoms with Crippen LogP contribution >= 0.6 is 11.3 Å². The predicted molar refractivity (Wildman–Crippen MR) is 67.9 cm³/mol. The van der Waals surface area contributed by atoms with Crippen LogP contribution in [-0.2, 0) is 4.74 Å². The molecule has 2 N–H and O–H groups in total. The third-order valence-electron chi connectivity index (χ3n) is 2.52. The van der Waals surface area contributed by atoms with Gasteiger partial charge in [0.15, 0.2) is 0 Å². The second kappa shape index (κ2) is 7.79. The predicted octanol–water partition coefficient (Wildman–Crippen LogP) is 2.19. The van der Waals surface area contributed by atoms with Crippen LogP contribution in [0.3, 0.4) is 0 Å². The van der Waals surface area contributed by atoms with Gasteiger partial charge in [-0.3, -0.25) is 0 Å². The third-order valence-corrected chi connectivity index (χ3v) is 3.51. The molecular formula is C12H21NO2S. The highest BCUT2D eigenvalue weighted by molar-refractivity contribution is 7.10. The molecule has 3 nitrogen and oxygen atoms in total. The first-order valence-corrected chi connectivity index (χ1v) is 6.59. The van der Waals surface area contributed by atoms with Gasteiger partial charge in [-0.1, -0.05) is 13.0 Å². The smallest absolute Gasteiger partial charge is 0.0785 e. The fourth-order valence-electron chi connectivity index (χ4n) is 1.64. The maximum absolute atomic E-state index is 9.50. The molecule has 4 heteroatoms. The van der Waals surface area contributed by atoms with Gasteiger partial charge in [-0.25, -0.2) is 0 Å². The van der Waals surface area contributed by atoms with E-state index in [1.165, 1.54) is 4.88 Å². The number of hydrogen-bond donors (Lipinski definition) is 2. The number of aliphatic hydroxyl groups excluding tert-OH is 1. The summed E-state index contributed by atoms with van der Waals surface area (Å²) in [5.74, 6) is 0. The van der Waals surface area contributed by atoms with E-state index in [1.54, 1.807) is 18.4 Å². The lowest BCUT2D eigenvalue weighted by atomic mass is 10.1. The van der Waals surface area contributed by atoms with Gasteiger partial charge in [0.25, 0.3) is 0 Å². The molecule has 1 aromatic heterocycles. The Hall–Kier alpha value is -0.420. The van der Waals surface area contributed by atoms with Crippen LogP contribution in [0.15, 0.2) is 17.5 Å². The van der Waals surface area contributed by atoms with Crippen LogP contribution in [0, 0.1) is 0 Å². The van der Waals surface area contributed by atoms with Crippen molar-refractivity contribution in [3.63, 3.8) is 0 Å². The molecular weight excluding hydrogens is 222 g/mol. The molecule has 0 aliphatic carbocycles. The lowest BCUT2D eigenvalue weighted by Gasteiger charge is -2.16. The van der Waals surface area contributed by atoms with Crippen molar-refractivity contribution in [1.29, 1.82) is 0 Å². The summed E-state index contributed by atoms with van der Waals surface area (Å²) in [5, 5.41) is 15.1. The second-order valence-corrected chi connectivity index (χ2v) is 4.81. The molecule has 0 spiro atoms. The van der Waals surface area contributed by atoms with E-state index in [1.807, 2.05) is 0 Å². The summed E-state index contributed by atoms with van der Waals surface area (Å²) in [6.07, 6.45) is 1.44. The first kappa shape index (κ1) is 13.6. The van der Waals surface area contributed by atoms with Crippen LogP contribution in [0.4, 0.5) is 0 Å². The molecule has 0 aliphatic heterocycles. The molecule has 92 valence electrons. The first-order chi connectivity index (χ1) is 7.77. The standard InChI is InChI=1S/C12H21NO2S/c1-3-11(12-5-4-8-16-12)13-7-6-10(14)9-15-2/h4-5,8,10-11,13-14H,3,6-7,9H2,1-2H3. The van der Waals surface area contributed by atoms with E-state index in [4.69, 9.17) is 4.74 Å². The Morgan fingerprint density at radius 1 is 1.56 bits per heavy atom. The number of ether oxygens (including phenoxy) is 1. The number of nitrogens with one attached hydrogen (secondary N) is 1. The van der Waals surface area contributed by atoms with Gasteiger partial charge >= 0.3 is 0 Å². The Morgan fingerprint density at radius 3 is 2.94 bits per heavy atom. The Bertz CT molecular complexity index is 264. The summed E-state index contributed by atoms with van der Waals surface area (Å²) >= 11 is 1.78. The van der Waals surface area contributed by atoms with Gasteiger partial charge in [-0.15, -0.1) is 11.3 Å². The largest absolute Gasteiger partial charge is 0.391 e. The molecule has 0 radical (unpaired) electrons. The number of hydrogen-bond acceptors (Lipinski definition) is 4. The fraction of sp³-hybridized carbons (Fsp3) is 0.667. The molecule has 0 bridgehead atoms. The zero-order valence-electron chi connectivity index (χ0n) is 9.98. The van der Waals surface area contributed by atoms with Crippen LogP contribution < -0.4 is 5.32 Å². The van der Waals surface area contributed by atoms with Crippen molar-refractivity contribution < 1.29 is 9.84 Å². The van der Waals surface area contributed by atoms with Crippen LogP contribution in [-0.4, -0.2) is 31.5 Å². The van der Waals surface area contributed by atoms with Crippen molar-refractivity contribution in [2.45, 2.75) is 31.9 Å². The monoisotopic (exact) mass is 243 g/mol. The van der Waals surface area contributed by atoms with E-state index in [2.05, 4.69) is 29.8 Å². The van der Waals surface area contributed by atoms with Gasteiger partial charge in [0, 0.05) is 18.0 Å². The summed E-state index contributed by atoms with van der Waals surface area (Å²) in [6.45, 7) is 3.40. The number of thiophene rings is 1. The Balaban J connectivity index is 2.25. The normalized spacial score (nSPS) is 14.9. The van der Waals surface area contributed by atoms with Gasteiger partial charge in [-0.2, -0.15) is 0 Å². The first-order valence-electron chi connectivity index (χ1n) is 5.71. The Kier molecular flexibility index (Phi) is 6.64. The van der Waals surface area contributed by atoms with E-state index in [9.17, 15) is 5.11 Å². The van der Waals surface area contributed by atoms with Crippen molar-refractivity contribution in [3.8, 4) is 0 Å². The molecule has 1 aromatic rings. The molecule has 0 aliphatic rings. The van der Waals surface area contributed by atoms with E-state index in [-0.39, 0.29) is 6.10 Å². The molecule has 1 heterocycles. The van der Waals surface area contributed by atoms with E-state index in [0.717, 1.165) is 19.4 Å². The summed E-state index contributed by atoms with van der Waals surface area (Å²) in [6, 6.07) is 4.64. The second-order valence-electron chi connectivity index (χ2n) is 3.83. The molecule has 1 rings (SSSR count). The van der Waals surface area contributed by atoms with Crippen molar-refractivity contribution in [3.05, 3.63) is 22.4 Å². The minimum Gasteiger partial charge on any atom is -0.391 e. The minimum absolute atomic E-state index is 0.363. The molecule has 0 fully saturated rings. The lowest BCUT2D eigenvalue weighted by Crippen LogP contribution is -2.26.